The standard InChI is InChI=1S/C16H16BrNO6/c1-3-22-14(20)16(15(21)23-4-2)11-13(19)24-12(16)9-7-8(17)5-6-10(9)18-11/h5-7,11-12,18H,3-4H2,1-2H3/t11-,12+/m1/s1. The van der Waals surface area contributed by atoms with Gasteiger partial charge in [0.05, 0.1) is 13.2 Å². The van der Waals surface area contributed by atoms with Crippen LogP contribution in [0.2, 0.25) is 0 Å². The molecule has 1 saturated heterocycles. The van der Waals surface area contributed by atoms with E-state index in [2.05, 4.69) is 21.2 Å². The molecule has 2 aliphatic heterocycles. The molecule has 2 aliphatic rings. The molecule has 0 amide bonds. The van der Waals surface area contributed by atoms with Gasteiger partial charge >= 0.3 is 17.9 Å². The van der Waals surface area contributed by atoms with E-state index in [0.717, 1.165) is 4.47 Å². The summed E-state index contributed by atoms with van der Waals surface area (Å²) in [5.74, 6) is -2.35. The van der Waals surface area contributed by atoms with E-state index in [1.807, 2.05) is 0 Å². The van der Waals surface area contributed by atoms with E-state index in [9.17, 15) is 14.4 Å². The maximum absolute atomic E-state index is 12.7. The van der Waals surface area contributed by atoms with E-state index in [1.165, 1.54) is 0 Å². The molecule has 0 aliphatic carbocycles. The molecule has 1 aromatic carbocycles. The quantitative estimate of drug-likeness (QED) is 0.471. The maximum Gasteiger partial charge on any atom is 0.331 e. The summed E-state index contributed by atoms with van der Waals surface area (Å²) >= 11 is 3.35. The molecular weight excluding hydrogens is 382 g/mol. The van der Waals surface area contributed by atoms with Crippen molar-refractivity contribution in [2.24, 2.45) is 5.41 Å². The SMILES string of the molecule is CCOC(=O)C1(C(=O)OCC)[C@@H]2Nc3ccc(Br)cc3[C@@H]1OC2=O. The molecule has 0 aromatic heterocycles. The summed E-state index contributed by atoms with van der Waals surface area (Å²) in [6, 6.07) is 4.06. The van der Waals surface area contributed by atoms with Crippen LogP contribution in [0.5, 0.6) is 0 Å². The zero-order valence-corrected chi connectivity index (χ0v) is 14.7. The first kappa shape index (κ1) is 16.8. The Labute approximate surface area is 146 Å². The highest BCUT2D eigenvalue weighted by atomic mass is 79.9. The fourth-order valence-electron chi connectivity index (χ4n) is 3.17. The molecule has 3 rings (SSSR count). The third kappa shape index (κ3) is 2.20. The van der Waals surface area contributed by atoms with Crippen LogP contribution in [0.25, 0.3) is 0 Å². The van der Waals surface area contributed by atoms with Gasteiger partial charge in [0, 0.05) is 15.7 Å². The first-order chi connectivity index (χ1) is 11.5. The van der Waals surface area contributed by atoms with Crippen LogP contribution >= 0.6 is 15.9 Å². The van der Waals surface area contributed by atoms with Crippen molar-refractivity contribution in [3.63, 3.8) is 0 Å². The van der Waals surface area contributed by atoms with Crippen LogP contribution in [0, 0.1) is 5.41 Å². The zero-order chi connectivity index (χ0) is 17.5. The van der Waals surface area contributed by atoms with Gasteiger partial charge in [-0.3, -0.25) is 9.59 Å². The maximum atomic E-state index is 12.7. The average molecular weight is 398 g/mol. The highest BCUT2D eigenvalue weighted by molar-refractivity contribution is 9.10. The molecular formula is C16H16BrNO6. The molecule has 0 radical (unpaired) electrons. The van der Waals surface area contributed by atoms with Gasteiger partial charge in [-0.05, 0) is 32.0 Å². The number of fused-ring (bicyclic) bond motifs is 4. The summed E-state index contributed by atoms with van der Waals surface area (Å²) < 4.78 is 16.3. The molecule has 128 valence electrons. The molecule has 8 heteroatoms. The monoisotopic (exact) mass is 397 g/mol. The molecule has 0 spiro atoms. The summed E-state index contributed by atoms with van der Waals surface area (Å²) in [5.41, 5.74) is -0.743. The van der Waals surface area contributed by atoms with Crippen LogP contribution in [0.4, 0.5) is 5.69 Å². The zero-order valence-electron chi connectivity index (χ0n) is 13.1. The van der Waals surface area contributed by atoms with E-state index < -0.39 is 35.5 Å². The normalized spacial score (nSPS) is 22.9. The lowest BCUT2D eigenvalue weighted by Crippen LogP contribution is -2.57. The lowest BCUT2D eigenvalue weighted by Gasteiger charge is -2.37. The number of hydrogen-bond acceptors (Lipinski definition) is 7. The summed E-state index contributed by atoms with van der Waals surface area (Å²) in [6.07, 6.45) is -1.10. The van der Waals surface area contributed by atoms with E-state index in [0.29, 0.717) is 11.3 Å². The van der Waals surface area contributed by atoms with Gasteiger partial charge < -0.3 is 19.5 Å². The molecule has 1 aromatic rings. The molecule has 2 atom stereocenters. The smallest absolute Gasteiger partial charge is 0.331 e. The summed E-state index contributed by atoms with van der Waals surface area (Å²) in [6.45, 7) is 3.39. The number of anilines is 1. The van der Waals surface area contributed by atoms with Crippen molar-refractivity contribution in [2.75, 3.05) is 18.5 Å². The Balaban J connectivity index is 2.20. The number of halogens is 1. The molecule has 24 heavy (non-hydrogen) atoms. The van der Waals surface area contributed by atoms with Crippen molar-refractivity contribution < 1.29 is 28.6 Å². The molecule has 2 bridgehead atoms. The number of ether oxygens (including phenoxy) is 3. The number of carbonyl (C=O) groups excluding carboxylic acids is 3. The van der Waals surface area contributed by atoms with E-state index in [1.54, 1.807) is 32.0 Å². The van der Waals surface area contributed by atoms with Crippen molar-refractivity contribution in [1.29, 1.82) is 0 Å². The van der Waals surface area contributed by atoms with Gasteiger partial charge in [0.25, 0.3) is 0 Å². The van der Waals surface area contributed by atoms with Crippen molar-refractivity contribution in [1.82, 2.24) is 0 Å². The van der Waals surface area contributed by atoms with E-state index in [-0.39, 0.29) is 13.2 Å². The molecule has 7 nitrogen and oxygen atoms in total. The number of nitrogens with one attached hydrogen (secondary N) is 1. The van der Waals surface area contributed by atoms with Crippen molar-refractivity contribution in [2.45, 2.75) is 26.0 Å². The van der Waals surface area contributed by atoms with Gasteiger partial charge in [0.1, 0.15) is 0 Å². The van der Waals surface area contributed by atoms with Crippen molar-refractivity contribution in [3.05, 3.63) is 28.2 Å². The Hall–Kier alpha value is -2.09. The highest BCUT2D eigenvalue weighted by Gasteiger charge is 2.72. The van der Waals surface area contributed by atoms with Gasteiger partial charge in [0.2, 0.25) is 5.41 Å². The fourth-order valence-corrected chi connectivity index (χ4v) is 3.55. The minimum Gasteiger partial charge on any atom is -0.465 e. The van der Waals surface area contributed by atoms with Gasteiger partial charge in [-0.25, -0.2) is 4.79 Å². The van der Waals surface area contributed by atoms with E-state index in [4.69, 9.17) is 14.2 Å². The first-order valence-electron chi connectivity index (χ1n) is 7.57. The van der Waals surface area contributed by atoms with Gasteiger partial charge in [0.15, 0.2) is 12.1 Å². The Morgan fingerprint density at radius 1 is 1.25 bits per heavy atom. The number of rotatable bonds is 4. The van der Waals surface area contributed by atoms with Gasteiger partial charge in [-0.1, -0.05) is 15.9 Å². The predicted octanol–water partition coefficient (Wildman–Crippen LogP) is 1.95. The molecule has 1 fully saturated rings. The number of benzene rings is 1. The third-order valence-electron chi connectivity index (χ3n) is 4.16. The summed E-state index contributed by atoms with van der Waals surface area (Å²) in [5, 5.41) is 2.94. The number of carbonyl (C=O) groups is 3. The fraction of sp³-hybridized carbons (Fsp3) is 0.438. The molecule has 2 heterocycles. The van der Waals surface area contributed by atoms with Crippen LogP contribution in [0.1, 0.15) is 25.5 Å². The topological polar surface area (TPSA) is 90.9 Å². The van der Waals surface area contributed by atoms with Crippen molar-refractivity contribution >= 4 is 39.5 Å². The second-order valence-corrected chi connectivity index (χ2v) is 6.35. The predicted molar refractivity (Wildman–Crippen MR) is 86.1 cm³/mol. The van der Waals surface area contributed by atoms with Crippen LogP contribution < -0.4 is 5.32 Å². The molecule has 0 unspecified atom stereocenters. The summed E-state index contributed by atoms with van der Waals surface area (Å²) in [7, 11) is 0. The first-order valence-corrected chi connectivity index (χ1v) is 8.37. The third-order valence-corrected chi connectivity index (χ3v) is 4.65. The van der Waals surface area contributed by atoms with Gasteiger partial charge in [-0.15, -0.1) is 0 Å². The lowest BCUT2D eigenvalue weighted by molar-refractivity contribution is -0.177. The molecule has 1 N–H and O–H groups in total. The second kappa shape index (κ2) is 6.08. The van der Waals surface area contributed by atoms with E-state index >= 15 is 0 Å². The van der Waals surface area contributed by atoms with Crippen LogP contribution in [0.15, 0.2) is 22.7 Å². The largest absolute Gasteiger partial charge is 0.465 e. The average Bonchev–Trinajstić information content (AvgIpc) is 2.75. The minimum atomic E-state index is -1.89. The van der Waals surface area contributed by atoms with Crippen molar-refractivity contribution in [3.8, 4) is 0 Å². The Morgan fingerprint density at radius 2 is 1.88 bits per heavy atom. The molecule has 0 saturated carbocycles. The van der Waals surface area contributed by atoms with Crippen LogP contribution in [-0.4, -0.2) is 37.2 Å². The Bertz CT molecular complexity index is 701. The Morgan fingerprint density at radius 3 is 2.46 bits per heavy atom. The van der Waals surface area contributed by atoms with Crippen LogP contribution in [-0.2, 0) is 28.6 Å². The second-order valence-electron chi connectivity index (χ2n) is 5.44. The number of hydrogen-bond donors (Lipinski definition) is 1. The summed E-state index contributed by atoms with van der Waals surface area (Å²) in [4.78, 5) is 37.8. The minimum absolute atomic E-state index is 0.0684. The number of esters is 3. The van der Waals surface area contributed by atoms with Gasteiger partial charge in [-0.2, -0.15) is 0 Å². The lowest BCUT2D eigenvalue weighted by atomic mass is 9.71. The highest BCUT2D eigenvalue weighted by Crippen LogP contribution is 2.54. The van der Waals surface area contributed by atoms with Crippen LogP contribution in [0.3, 0.4) is 0 Å². The Kier molecular flexibility index (Phi) is 4.25.